The van der Waals surface area contributed by atoms with Crippen LogP contribution in [0.2, 0.25) is 0 Å². The number of aromatic nitrogens is 4. The molecule has 2 aromatic rings. The van der Waals surface area contributed by atoms with Crippen molar-refractivity contribution in [2.24, 2.45) is 0 Å². The molecule has 0 saturated carbocycles. The second-order valence-corrected chi connectivity index (χ2v) is 9.00. The zero-order valence-corrected chi connectivity index (χ0v) is 20.6. The Bertz CT molecular complexity index is 723. The Kier molecular flexibility index (Phi) is 10.7. The largest absolute Gasteiger partial charge is 0.394 e. The number of nitrogens with one attached hydrogen (secondary N) is 1. The van der Waals surface area contributed by atoms with Crippen LogP contribution in [0.3, 0.4) is 0 Å². The number of halogens is 1. The lowest BCUT2D eigenvalue weighted by Crippen LogP contribution is -3.12. The highest BCUT2D eigenvalue weighted by atomic mass is 127. The number of hydrogen-bond acceptors (Lipinski definition) is 6. The van der Waals surface area contributed by atoms with Gasteiger partial charge in [0.05, 0.1) is 37.7 Å². The molecule has 0 aromatic carbocycles. The zero-order valence-electron chi connectivity index (χ0n) is 18.5. The smallest absolute Gasteiger partial charge is 0.168 e. The van der Waals surface area contributed by atoms with Gasteiger partial charge in [-0.05, 0) is 26.4 Å². The van der Waals surface area contributed by atoms with Crippen LogP contribution in [0.25, 0.3) is 0 Å². The van der Waals surface area contributed by atoms with Gasteiger partial charge < -0.3 is 27.0 Å². The number of anilines is 3. The van der Waals surface area contributed by atoms with Crippen molar-refractivity contribution in [2.75, 3.05) is 61.4 Å². The SMILES string of the molecule is CCc1cnn(CCCN(C)CCC[NH+](CCI)CCCn2cc(N)c(N)n2)c1N. The number of aryl methyl sites for hydroxylation is 3. The number of nitrogens with zero attached hydrogens (tertiary/aromatic N) is 5. The number of hydrogen-bond donors (Lipinski definition) is 4. The van der Waals surface area contributed by atoms with Crippen LogP contribution >= 0.6 is 22.6 Å². The maximum absolute atomic E-state index is 6.12. The van der Waals surface area contributed by atoms with Gasteiger partial charge in [0.15, 0.2) is 5.82 Å². The van der Waals surface area contributed by atoms with Crippen molar-refractivity contribution < 1.29 is 4.90 Å². The number of nitrogens with two attached hydrogens (primary N) is 3. The third-order valence-electron chi connectivity index (χ3n) is 5.51. The summed E-state index contributed by atoms with van der Waals surface area (Å²) >= 11 is 2.47. The molecule has 2 rings (SSSR count). The third kappa shape index (κ3) is 7.95. The first-order chi connectivity index (χ1) is 14.4. The van der Waals surface area contributed by atoms with Gasteiger partial charge in [0.25, 0.3) is 0 Å². The van der Waals surface area contributed by atoms with E-state index in [1.807, 2.05) is 21.8 Å². The zero-order chi connectivity index (χ0) is 21.9. The van der Waals surface area contributed by atoms with Crippen LogP contribution in [0, 0.1) is 0 Å². The van der Waals surface area contributed by atoms with Crippen LogP contribution < -0.4 is 22.1 Å². The average molecular weight is 532 g/mol. The second-order valence-electron chi connectivity index (χ2n) is 7.92. The van der Waals surface area contributed by atoms with E-state index in [4.69, 9.17) is 17.2 Å². The molecule has 0 fully saturated rings. The van der Waals surface area contributed by atoms with E-state index in [1.165, 1.54) is 23.9 Å². The lowest BCUT2D eigenvalue weighted by Gasteiger charge is -2.21. The summed E-state index contributed by atoms with van der Waals surface area (Å²) in [5.41, 5.74) is 19.3. The molecule has 0 radical (unpaired) electrons. The minimum atomic E-state index is 0.426. The summed E-state index contributed by atoms with van der Waals surface area (Å²) in [4.78, 5) is 4.07. The van der Waals surface area contributed by atoms with Gasteiger partial charge in [-0.2, -0.15) is 10.2 Å². The van der Waals surface area contributed by atoms with Crippen molar-refractivity contribution in [1.82, 2.24) is 24.5 Å². The Balaban J connectivity index is 1.62. The van der Waals surface area contributed by atoms with E-state index >= 15 is 0 Å². The minimum Gasteiger partial charge on any atom is -0.394 e. The summed E-state index contributed by atoms with van der Waals surface area (Å²) in [6.07, 6.45) is 7.99. The lowest BCUT2D eigenvalue weighted by atomic mass is 10.2. The fourth-order valence-electron chi connectivity index (χ4n) is 3.65. The molecule has 0 saturated heterocycles. The Morgan fingerprint density at radius 1 is 1.07 bits per heavy atom. The Hall–Kier alpha value is -1.53. The maximum Gasteiger partial charge on any atom is 0.168 e. The fraction of sp³-hybridized carbons (Fsp3) is 0.700. The van der Waals surface area contributed by atoms with Crippen molar-refractivity contribution in [3.05, 3.63) is 18.0 Å². The molecule has 0 aliphatic rings. The average Bonchev–Trinajstić information content (AvgIpc) is 3.23. The van der Waals surface area contributed by atoms with Gasteiger partial charge in [0, 0.05) is 42.5 Å². The molecule has 170 valence electrons. The van der Waals surface area contributed by atoms with Gasteiger partial charge in [0.1, 0.15) is 5.82 Å². The summed E-state index contributed by atoms with van der Waals surface area (Å²) in [7, 11) is 2.20. The number of quaternary nitrogens is 1. The first-order valence-electron chi connectivity index (χ1n) is 10.9. The van der Waals surface area contributed by atoms with E-state index in [2.05, 4.69) is 51.7 Å². The van der Waals surface area contributed by atoms with Gasteiger partial charge in [-0.15, -0.1) is 0 Å². The van der Waals surface area contributed by atoms with E-state index in [0.29, 0.717) is 11.5 Å². The van der Waals surface area contributed by atoms with Crippen LogP contribution in [0.1, 0.15) is 31.7 Å². The van der Waals surface area contributed by atoms with Gasteiger partial charge in [0.2, 0.25) is 0 Å². The van der Waals surface area contributed by atoms with Gasteiger partial charge >= 0.3 is 0 Å². The van der Waals surface area contributed by atoms with Gasteiger partial charge in [-0.3, -0.25) is 4.68 Å². The number of nitrogen functional groups attached to an aromatic ring is 3. The summed E-state index contributed by atoms with van der Waals surface area (Å²) in [6, 6.07) is 0. The standard InChI is InChI=1S/C20H38IN9/c1-3-17-15-25-30(20(17)24)13-5-9-27(2)8-4-10-28(14-7-21)11-6-12-29-16-18(22)19(23)26-29/h15-16H,3-14,22,24H2,1-2H3,(H2,23,26)/p+1. The van der Waals surface area contributed by atoms with Crippen molar-refractivity contribution in [3.63, 3.8) is 0 Å². The van der Waals surface area contributed by atoms with Gasteiger partial charge in [-0.1, -0.05) is 29.5 Å². The molecule has 0 amide bonds. The fourth-order valence-corrected chi connectivity index (χ4v) is 4.41. The first kappa shape index (κ1) is 24.7. The molecule has 0 aliphatic heterocycles. The van der Waals surface area contributed by atoms with Crippen molar-refractivity contribution >= 4 is 39.9 Å². The highest BCUT2D eigenvalue weighted by Crippen LogP contribution is 2.12. The first-order valence-corrected chi connectivity index (χ1v) is 12.4. The van der Waals surface area contributed by atoms with Crippen LogP contribution in [0.5, 0.6) is 0 Å². The quantitative estimate of drug-likeness (QED) is 0.196. The van der Waals surface area contributed by atoms with Crippen LogP contribution in [-0.2, 0) is 19.5 Å². The minimum absolute atomic E-state index is 0.426. The monoisotopic (exact) mass is 532 g/mol. The molecule has 10 heteroatoms. The molecule has 1 atom stereocenters. The van der Waals surface area contributed by atoms with E-state index < -0.39 is 0 Å². The molecular formula is C20H39IN9+. The molecule has 1 unspecified atom stereocenters. The molecule has 9 nitrogen and oxygen atoms in total. The van der Waals surface area contributed by atoms with Crippen molar-refractivity contribution in [2.45, 2.75) is 45.7 Å². The predicted molar refractivity (Wildman–Crippen MR) is 133 cm³/mol. The Morgan fingerprint density at radius 3 is 2.43 bits per heavy atom. The Morgan fingerprint density at radius 2 is 1.80 bits per heavy atom. The molecule has 0 spiro atoms. The van der Waals surface area contributed by atoms with Crippen LogP contribution in [0.15, 0.2) is 12.4 Å². The highest BCUT2D eigenvalue weighted by molar-refractivity contribution is 14.1. The molecule has 2 heterocycles. The summed E-state index contributed by atoms with van der Waals surface area (Å²) in [5.74, 6) is 1.24. The second kappa shape index (κ2) is 13.0. The Labute approximate surface area is 194 Å². The normalized spacial score (nSPS) is 12.7. The molecule has 2 aromatic heterocycles. The number of alkyl halides is 1. The molecule has 0 bridgehead atoms. The molecular weight excluding hydrogens is 493 g/mol. The van der Waals surface area contributed by atoms with Crippen LogP contribution in [-0.4, -0.2) is 68.7 Å². The van der Waals surface area contributed by atoms with Crippen molar-refractivity contribution in [1.29, 1.82) is 0 Å². The summed E-state index contributed by atoms with van der Waals surface area (Å²) in [6.45, 7) is 9.57. The van der Waals surface area contributed by atoms with E-state index in [0.717, 1.165) is 63.4 Å². The van der Waals surface area contributed by atoms with E-state index in [1.54, 1.807) is 4.90 Å². The van der Waals surface area contributed by atoms with Crippen LogP contribution in [0.4, 0.5) is 17.3 Å². The summed E-state index contributed by atoms with van der Waals surface area (Å²) in [5, 5.41) is 8.63. The molecule has 30 heavy (non-hydrogen) atoms. The van der Waals surface area contributed by atoms with E-state index in [9.17, 15) is 0 Å². The predicted octanol–water partition coefficient (Wildman–Crippen LogP) is 0.511. The highest BCUT2D eigenvalue weighted by Gasteiger charge is 2.10. The van der Waals surface area contributed by atoms with Gasteiger partial charge in [-0.25, -0.2) is 4.68 Å². The maximum atomic E-state index is 6.12. The molecule has 0 aliphatic carbocycles. The number of rotatable bonds is 15. The van der Waals surface area contributed by atoms with Crippen molar-refractivity contribution in [3.8, 4) is 0 Å². The lowest BCUT2D eigenvalue weighted by molar-refractivity contribution is -0.897. The van der Waals surface area contributed by atoms with E-state index in [-0.39, 0.29) is 0 Å². The topological polar surface area (TPSA) is 121 Å². The molecule has 7 N–H and O–H groups in total. The third-order valence-corrected chi connectivity index (χ3v) is 6.05. The summed E-state index contributed by atoms with van der Waals surface area (Å²) < 4.78 is 4.96.